The van der Waals surface area contributed by atoms with E-state index in [1.165, 1.54) is 32.0 Å². The number of urea groups is 1. The number of aromatic nitrogens is 2. The van der Waals surface area contributed by atoms with Gasteiger partial charge in [-0.05, 0) is 82.1 Å². The third-order valence-corrected chi connectivity index (χ3v) is 8.85. The number of benzene rings is 3. The van der Waals surface area contributed by atoms with Gasteiger partial charge < -0.3 is 20.4 Å². The van der Waals surface area contributed by atoms with Crippen LogP contribution in [-0.2, 0) is 11.3 Å². The molecular formula is C36H36F5N7O2. The molecule has 3 amide bonds. The minimum absolute atomic E-state index is 0.0279. The summed E-state index contributed by atoms with van der Waals surface area (Å²) in [5, 5.41) is 6.02. The maximum absolute atomic E-state index is 15.3. The lowest BCUT2D eigenvalue weighted by Gasteiger charge is -2.32. The second-order valence-electron chi connectivity index (χ2n) is 12.6. The lowest BCUT2D eigenvalue weighted by atomic mass is 9.98. The minimum Gasteiger partial charge on any atom is -0.346 e. The van der Waals surface area contributed by atoms with Gasteiger partial charge in [0.1, 0.15) is 17.3 Å². The summed E-state index contributed by atoms with van der Waals surface area (Å²) in [6.07, 6.45) is -3.02. The van der Waals surface area contributed by atoms with Crippen LogP contribution in [0.25, 0.3) is 11.3 Å². The molecule has 1 saturated heterocycles. The first-order valence-corrected chi connectivity index (χ1v) is 16.3. The summed E-state index contributed by atoms with van der Waals surface area (Å²) in [5.41, 5.74) is 1.64. The Kier molecular flexibility index (Phi) is 9.74. The van der Waals surface area contributed by atoms with Crippen molar-refractivity contribution in [3.8, 4) is 11.3 Å². The number of aryl methyl sites for hydroxylation is 1. The number of carbonyl (C=O) groups excluding carboxylic acids is 2. The highest BCUT2D eigenvalue weighted by Gasteiger charge is 2.44. The summed E-state index contributed by atoms with van der Waals surface area (Å²) >= 11 is 0. The Labute approximate surface area is 286 Å². The number of para-hydroxylation sites is 1. The summed E-state index contributed by atoms with van der Waals surface area (Å²) in [6.45, 7) is 6.90. The molecule has 1 aromatic heterocycles. The molecule has 262 valence electrons. The van der Waals surface area contributed by atoms with Crippen LogP contribution < -0.4 is 20.4 Å². The van der Waals surface area contributed by atoms with Gasteiger partial charge in [-0.15, -0.1) is 0 Å². The van der Waals surface area contributed by atoms with E-state index >= 15 is 8.78 Å². The van der Waals surface area contributed by atoms with E-state index in [0.29, 0.717) is 22.6 Å². The molecule has 9 nitrogen and oxygen atoms in total. The third kappa shape index (κ3) is 6.97. The Bertz CT molecular complexity index is 1880. The van der Waals surface area contributed by atoms with E-state index in [-0.39, 0.29) is 41.3 Å². The fourth-order valence-corrected chi connectivity index (χ4v) is 6.46. The monoisotopic (exact) mass is 693 g/mol. The molecule has 0 radical (unpaired) electrons. The second kappa shape index (κ2) is 14.0. The van der Waals surface area contributed by atoms with Crippen molar-refractivity contribution in [3.63, 3.8) is 0 Å². The van der Waals surface area contributed by atoms with Crippen LogP contribution >= 0.6 is 0 Å². The highest BCUT2D eigenvalue weighted by molar-refractivity contribution is 6.02. The number of nitrogens with one attached hydrogen (secondary N) is 2. The molecule has 2 aliphatic rings. The summed E-state index contributed by atoms with van der Waals surface area (Å²) in [6, 6.07) is 15.2. The van der Waals surface area contributed by atoms with Crippen LogP contribution in [0.5, 0.6) is 0 Å². The molecule has 6 rings (SSSR count). The third-order valence-electron chi connectivity index (χ3n) is 8.85. The summed E-state index contributed by atoms with van der Waals surface area (Å²) in [7, 11) is 0. The van der Waals surface area contributed by atoms with Gasteiger partial charge in [0, 0.05) is 29.4 Å². The number of nitrogens with zero attached hydrogens (tertiary/aromatic N) is 5. The van der Waals surface area contributed by atoms with Gasteiger partial charge in [0.25, 0.3) is 0 Å². The van der Waals surface area contributed by atoms with Gasteiger partial charge >= 0.3 is 18.1 Å². The number of rotatable bonds is 9. The minimum atomic E-state index is -5.13. The zero-order valence-corrected chi connectivity index (χ0v) is 27.7. The first-order chi connectivity index (χ1) is 23.8. The quantitative estimate of drug-likeness (QED) is 0.175. The number of likely N-dealkylation sites (tertiary alicyclic amines) is 1. The largest absolute Gasteiger partial charge is 0.471 e. The maximum Gasteiger partial charge on any atom is 0.471 e. The Morgan fingerprint density at radius 1 is 0.980 bits per heavy atom. The highest BCUT2D eigenvalue weighted by atomic mass is 19.4. The number of halogens is 5. The first kappa shape index (κ1) is 34.7. The lowest BCUT2D eigenvalue weighted by Crippen LogP contribution is -2.45. The van der Waals surface area contributed by atoms with Gasteiger partial charge in [-0.3, -0.25) is 4.79 Å². The van der Waals surface area contributed by atoms with Crippen LogP contribution in [0.2, 0.25) is 0 Å². The molecule has 4 aromatic rings. The number of alkyl halides is 3. The zero-order valence-electron chi connectivity index (χ0n) is 27.7. The van der Waals surface area contributed by atoms with Crippen molar-refractivity contribution in [1.29, 1.82) is 0 Å². The Balaban J connectivity index is 1.55. The summed E-state index contributed by atoms with van der Waals surface area (Å²) in [4.78, 5) is 39.3. The molecule has 0 saturated carbocycles. The van der Waals surface area contributed by atoms with Crippen LogP contribution in [0, 0.1) is 18.6 Å². The second-order valence-corrected chi connectivity index (χ2v) is 12.6. The van der Waals surface area contributed by atoms with E-state index in [2.05, 4.69) is 20.5 Å². The Hall–Kier alpha value is -5.11. The number of carbonyl (C=O) groups is 2. The van der Waals surface area contributed by atoms with Crippen molar-refractivity contribution in [3.05, 3.63) is 95.1 Å². The molecule has 0 spiro atoms. The number of hydrogen-bond acceptors (Lipinski definition) is 6. The number of anilines is 4. The van der Waals surface area contributed by atoms with E-state index in [0.717, 1.165) is 48.5 Å². The first-order valence-electron chi connectivity index (χ1n) is 16.3. The molecule has 1 unspecified atom stereocenters. The van der Waals surface area contributed by atoms with Crippen LogP contribution in [0.3, 0.4) is 0 Å². The van der Waals surface area contributed by atoms with Gasteiger partial charge in [-0.2, -0.15) is 18.2 Å². The molecule has 2 N–H and O–H groups in total. The standard InChI is InChI=1S/C36H36F5N7O2/c1-21(2)47(33(49)36(39,40)41)24-15-14-22(3)25(18-24)30-26-19-42-35(50)48(31-27(37)12-9-13-28(31)38)32(26)45-34(44-30)43-29(20-46-16-7-8-17-46)23-10-5-4-6-11-23/h4-6,9-15,18,21,29H,7-8,16-17,19-20H2,1-3H3,(H,42,50)(H,43,44,45). The molecule has 50 heavy (non-hydrogen) atoms. The predicted molar refractivity (Wildman–Crippen MR) is 180 cm³/mol. The van der Waals surface area contributed by atoms with E-state index in [1.54, 1.807) is 13.0 Å². The van der Waals surface area contributed by atoms with Gasteiger partial charge in [-0.1, -0.05) is 42.5 Å². The average molecular weight is 694 g/mol. The molecule has 0 aliphatic carbocycles. The summed E-state index contributed by atoms with van der Waals surface area (Å²) in [5.74, 6) is -4.11. The van der Waals surface area contributed by atoms with E-state index < -0.39 is 41.5 Å². The van der Waals surface area contributed by atoms with E-state index in [1.807, 2.05) is 30.3 Å². The Morgan fingerprint density at radius 2 is 1.66 bits per heavy atom. The highest BCUT2D eigenvalue weighted by Crippen LogP contribution is 2.41. The van der Waals surface area contributed by atoms with Crippen molar-refractivity contribution in [2.75, 3.05) is 34.8 Å². The smallest absolute Gasteiger partial charge is 0.346 e. The number of amides is 3. The molecule has 2 aliphatic heterocycles. The normalized spacial score (nSPS) is 15.5. The van der Waals surface area contributed by atoms with Gasteiger partial charge in [0.05, 0.1) is 18.3 Å². The van der Waals surface area contributed by atoms with Crippen molar-refractivity contribution in [1.82, 2.24) is 20.2 Å². The molecule has 3 heterocycles. The zero-order chi connectivity index (χ0) is 35.7. The van der Waals surface area contributed by atoms with E-state index in [4.69, 9.17) is 4.98 Å². The van der Waals surface area contributed by atoms with Crippen molar-refractivity contribution in [2.24, 2.45) is 0 Å². The van der Waals surface area contributed by atoms with Crippen LogP contribution in [0.1, 0.15) is 49.4 Å². The van der Waals surface area contributed by atoms with Crippen LogP contribution in [0.15, 0.2) is 66.7 Å². The average Bonchev–Trinajstić information content (AvgIpc) is 3.59. The molecule has 3 aromatic carbocycles. The number of fused-ring (bicyclic) bond motifs is 1. The van der Waals surface area contributed by atoms with Crippen molar-refractivity contribution < 1.29 is 31.5 Å². The molecule has 0 bridgehead atoms. The molecular weight excluding hydrogens is 657 g/mol. The lowest BCUT2D eigenvalue weighted by molar-refractivity contribution is -0.170. The molecule has 1 fully saturated rings. The van der Waals surface area contributed by atoms with Crippen LogP contribution in [-0.4, -0.2) is 58.7 Å². The predicted octanol–water partition coefficient (Wildman–Crippen LogP) is 7.64. The SMILES string of the molecule is Cc1ccc(N(C(=O)C(F)(F)F)C(C)C)cc1-c1nc(NC(CN2CCCC2)c2ccccc2)nc2c1CNC(=O)N2c1c(F)cccc1F. The molecule has 1 atom stereocenters. The fourth-order valence-electron chi connectivity index (χ4n) is 6.46. The van der Waals surface area contributed by atoms with Gasteiger partial charge in [0.2, 0.25) is 5.95 Å². The van der Waals surface area contributed by atoms with Crippen LogP contribution in [0.4, 0.5) is 49.9 Å². The van der Waals surface area contributed by atoms with Crippen molar-refractivity contribution in [2.45, 2.75) is 58.4 Å². The fraction of sp³-hybridized carbons (Fsp3) is 0.333. The van der Waals surface area contributed by atoms with E-state index in [9.17, 15) is 22.8 Å². The summed E-state index contributed by atoms with van der Waals surface area (Å²) < 4.78 is 71.7. The maximum atomic E-state index is 15.3. The van der Waals surface area contributed by atoms with Gasteiger partial charge in [-0.25, -0.2) is 23.5 Å². The van der Waals surface area contributed by atoms with Gasteiger partial charge in [0.15, 0.2) is 5.82 Å². The molecule has 14 heteroatoms. The number of hydrogen-bond donors (Lipinski definition) is 2. The van der Waals surface area contributed by atoms with Crippen molar-refractivity contribution >= 4 is 35.1 Å². The topological polar surface area (TPSA) is 93.7 Å². The Morgan fingerprint density at radius 3 is 2.30 bits per heavy atom.